The van der Waals surface area contributed by atoms with Crippen LogP contribution in [-0.2, 0) is 4.74 Å². The van der Waals surface area contributed by atoms with Crippen molar-refractivity contribution in [1.82, 2.24) is 24.6 Å². The number of alkyl halides is 2. The zero-order chi connectivity index (χ0) is 23.4. The van der Waals surface area contributed by atoms with E-state index in [0.717, 1.165) is 34.9 Å². The number of benzene rings is 1. The number of rotatable bonds is 5. The van der Waals surface area contributed by atoms with E-state index in [0.29, 0.717) is 42.4 Å². The van der Waals surface area contributed by atoms with Crippen LogP contribution < -0.4 is 5.32 Å². The van der Waals surface area contributed by atoms with Crippen molar-refractivity contribution in [1.29, 1.82) is 0 Å². The van der Waals surface area contributed by atoms with E-state index in [1.54, 1.807) is 12.4 Å². The van der Waals surface area contributed by atoms with Crippen molar-refractivity contribution >= 4 is 34.1 Å². The zero-order valence-corrected chi connectivity index (χ0v) is 19.7. The summed E-state index contributed by atoms with van der Waals surface area (Å²) in [5.74, 6) is 0.167. The number of hydrogen-bond donors (Lipinski definition) is 1. The summed E-state index contributed by atoms with van der Waals surface area (Å²) in [5, 5.41) is 8.96. The van der Waals surface area contributed by atoms with Crippen LogP contribution in [0.4, 0.5) is 20.4 Å². The van der Waals surface area contributed by atoms with Gasteiger partial charge in [0.15, 0.2) is 5.15 Å². The summed E-state index contributed by atoms with van der Waals surface area (Å²) in [4.78, 5) is 11.0. The van der Waals surface area contributed by atoms with Crippen molar-refractivity contribution in [2.45, 2.75) is 56.5 Å². The SMILES string of the molecule is Cc1cc2cnc(Nc3cnn(C4CC4)c3Cl)nc2cc1[C@@H]1CCN(C2COCC2F)C[C@H]1F. The van der Waals surface area contributed by atoms with Gasteiger partial charge in [-0.05, 0) is 56.0 Å². The highest BCUT2D eigenvalue weighted by molar-refractivity contribution is 6.32. The van der Waals surface area contributed by atoms with E-state index in [-0.39, 0.29) is 25.1 Å². The van der Waals surface area contributed by atoms with Gasteiger partial charge in [0.05, 0.1) is 42.7 Å². The molecule has 1 aliphatic carbocycles. The van der Waals surface area contributed by atoms with Crippen LogP contribution >= 0.6 is 11.6 Å². The van der Waals surface area contributed by atoms with Crippen molar-refractivity contribution in [3.8, 4) is 0 Å². The minimum Gasteiger partial charge on any atom is -0.377 e. The van der Waals surface area contributed by atoms with Gasteiger partial charge in [-0.2, -0.15) is 5.10 Å². The summed E-state index contributed by atoms with van der Waals surface area (Å²) in [6.07, 6.45) is 4.14. The predicted molar refractivity (Wildman–Crippen MR) is 126 cm³/mol. The third-order valence-electron chi connectivity index (χ3n) is 7.27. The lowest BCUT2D eigenvalue weighted by atomic mass is 9.84. The largest absolute Gasteiger partial charge is 0.377 e. The molecular weight excluding hydrogens is 462 g/mol. The van der Waals surface area contributed by atoms with E-state index in [2.05, 4.69) is 20.4 Å². The maximum absolute atomic E-state index is 15.4. The maximum atomic E-state index is 15.4. The van der Waals surface area contributed by atoms with Crippen molar-refractivity contribution in [2.24, 2.45) is 0 Å². The number of halogens is 3. The van der Waals surface area contributed by atoms with E-state index in [1.165, 1.54) is 0 Å². The highest BCUT2D eigenvalue weighted by atomic mass is 35.5. The number of likely N-dealkylation sites (tertiary alicyclic amines) is 1. The topological polar surface area (TPSA) is 68.1 Å². The smallest absolute Gasteiger partial charge is 0.227 e. The van der Waals surface area contributed by atoms with Crippen LogP contribution in [0.15, 0.2) is 24.5 Å². The molecule has 0 spiro atoms. The normalized spacial score (nSPS) is 28.0. The number of ether oxygens (including phenoxy) is 1. The molecule has 2 aromatic heterocycles. The van der Waals surface area contributed by atoms with Gasteiger partial charge in [-0.25, -0.2) is 23.4 Å². The Morgan fingerprint density at radius 3 is 2.71 bits per heavy atom. The van der Waals surface area contributed by atoms with Crippen LogP contribution in [-0.4, -0.2) is 69.3 Å². The monoisotopic (exact) mass is 488 g/mol. The van der Waals surface area contributed by atoms with Crippen molar-refractivity contribution in [2.75, 3.05) is 31.6 Å². The Morgan fingerprint density at radius 2 is 1.97 bits per heavy atom. The molecule has 3 aromatic rings. The molecule has 34 heavy (non-hydrogen) atoms. The first-order valence-corrected chi connectivity index (χ1v) is 12.2. The fourth-order valence-electron chi connectivity index (χ4n) is 5.22. The van der Waals surface area contributed by atoms with Crippen LogP contribution in [0, 0.1) is 6.92 Å². The van der Waals surface area contributed by atoms with Crippen LogP contribution in [0.5, 0.6) is 0 Å². The average molecular weight is 489 g/mol. The molecule has 2 saturated heterocycles. The molecule has 0 bridgehead atoms. The van der Waals surface area contributed by atoms with E-state index in [9.17, 15) is 4.39 Å². The standard InChI is InChI=1S/C24H27ClF2N6O/c1-13-6-14-8-28-24(31-21-9-29-33(23(21)25)15-2-3-15)30-20(14)7-17(13)16-4-5-32(10-18(16)26)22-12-34-11-19(22)27/h6-9,15-16,18-19,22H,2-5,10-12H2,1H3,(H,28,30,31)/t16-,18+,19?,22?/m0/s1. The summed E-state index contributed by atoms with van der Waals surface area (Å²) in [6.45, 7) is 3.31. The third kappa shape index (κ3) is 4.03. The summed E-state index contributed by atoms with van der Waals surface area (Å²) < 4.78 is 36.5. The third-order valence-corrected chi connectivity index (χ3v) is 7.64. The van der Waals surface area contributed by atoms with E-state index >= 15 is 4.39 Å². The molecule has 0 amide bonds. The number of aryl methyl sites for hydroxylation is 1. The maximum Gasteiger partial charge on any atom is 0.227 e. The first-order chi connectivity index (χ1) is 16.5. The van der Waals surface area contributed by atoms with Crippen LogP contribution in [0.2, 0.25) is 5.15 Å². The van der Waals surface area contributed by atoms with Crippen molar-refractivity contribution < 1.29 is 13.5 Å². The fourth-order valence-corrected chi connectivity index (χ4v) is 5.50. The number of fused-ring (bicyclic) bond motifs is 1. The van der Waals surface area contributed by atoms with Gasteiger partial charge in [-0.3, -0.25) is 4.90 Å². The Labute approximate surface area is 201 Å². The first-order valence-electron chi connectivity index (χ1n) is 11.8. The molecule has 6 rings (SSSR count). The summed E-state index contributed by atoms with van der Waals surface area (Å²) in [7, 11) is 0. The molecule has 2 unspecified atom stereocenters. The van der Waals surface area contributed by atoms with Gasteiger partial charge >= 0.3 is 0 Å². The molecule has 4 atom stereocenters. The fraction of sp³-hybridized carbons (Fsp3) is 0.542. The first kappa shape index (κ1) is 22.1. The molecule has 1 saturated carbocycles. The molecule has 4 heterocycles. The quantitative estimate of drug-likeness (QED) is 0.560. The van der Waals surface area contributed by atoms with Gasteiger partial charge in [0, 0.05) is 24.0 Å². The van der Waals surface area contributed by atoms with E-state index in [1.807, 2.05) is 28.6 Å². The molecule has 2 aliphatic heterocycles. The van der Waals surface area contributed by atoms with Crippen molar-refractivity contribution in [3.63, 3.8) is 0 Å². The Bertz CT molecular complexity index is 1220. The molecular formula is C24H27ClF2N6O. The Hall–Kier alpha value is -2.36. The number of piperidine rings is 1. The summed E-state index contributed by atoms with van der Waals surface area (Å²) >= 11 is 6.46. The van der Waals surface area contributed by atoms with Gasteiger partial charge in [0.25, 0.3) is 0 Å². The Kier molecular flexibility index (Phi) is 5.66. The molecule has 3 aliphatic rings. The van der Waals surface area contributed by atoms with Gasteiger partial charge in [0.2, 0.25) is 5.95 Å². The zero-order valence-electron chi connectivity index (χ0n) is 18.9. The number of hydrogen-bond acceptors (Lipinski definition) is 6. The number of aromatic nitrogens is 4. The highest BCUT2D eigenvalue weighted by Crippen LogP contribution is 2.39. The second-order valence-corrected chi connectivity index (χ2v) is 10.00. The van der Waals surface area contributed by atoms with Crippen molar-refractivity contribution in [3.05, 3.63) is 40.8 Å². The Morgan fingerprint density at radius 1 is 1.12 bits per heavy atom. The van der Waals surface area contributed by atoms with Gasteiger partial charge in [-0.15, -0.1) is 0 Å². The highest BCUT2D eigenvalue weighted by Gasteiger charge is 2.39. The minimum atomic E-state index is -1.08. The number of nitrogens with one attached hydrogen (secondary N) is 1. The molecule has 180 valence electrons. The lowest BCUT2D eigenvalue weighted by Crippen LogP contribution is -2.49. The molecule has 10 heteroatoms. The minimum absolute atomic E-state index is 0.105. The lowest BCUT2D eigenvalue weighted by Gasteiger charge is -2.38. The summed E-state index contributed by atoms with van der Waals surface area (Å²) in [6, 6.07) is 4.02. The number of nitrogens with zero attached hydrogens (tertiary/aromatic N) is 5. The lowest BCUT2D eigenvalue weighted by molar-refractivity contribution is 0.0581. The molecule has 3 fully saturated rings. The number of anilines is 2. The van der Waals surface area contributed by atoms with Crippen LogP contribution in [0.25, 0.3) is 10.9 Å². The predicted octanol–water partition coefficient (Wildman–Crippen LogP) is 4.73. The Balaban J connectivity index is 1.23. The van der Waals surface area contributed by atoms with Crippen LogP contribution in [0.1, 0.15) is 42.3 Å². The second-order valence-electron chi connectivity index (χ2n) is 9.64. The van der Waals surface area contributed by atoms with Gasteiger partial charge in [-0.1, -0.05) is 11.6 Å². The van der Waals surface area contributed by atoms with Gasteiger partial charge < -0.3 is 10.1 Å². The van der Waals surface area contributed by atoms with Crippen LogP contribution in [0.3, 0.4) is 0 Å². The molecule has 0 radical (unpaired) electrons. The van der Waals surface area contributed by atoms with Gasteiger partial charge in [0.1, 0.15) is 12.3 Å². The van der Waals surface area contributed by atoms with E-state index < -0.39 is 12.3 Å². The average Bonchev–Trinajstić information content (AvgIpc) is 3.47. The van der Waals surface area contributed by atoms with E-state index in [4.69, 9.17) is 16.3 Å². The molecule has 1 N–H and O–H groups in total. The molecule has 1 aromatic carbocycles. The summed E-state index contributed by atoms with van der Waals surface area (Å²) in [5.41, 5.74) is 3.37. The second kappa shape index (κ2) is 8.70. The molecule has 7 nitrogen and oxygen atoms in total.